The highest BCUT2D eigenvalue weighted by Gasteiger charge is 2.29. The summed E-state index contributed by atoms with van der Waals surface area (Å²) < 4.78 is 26.8. The molecule has 1 aliphatic rings. The van der Waals surface area contributed by atoms with Crippen molar-refractivity contribution in [2.24, 2.45) is 0 Å². The minimum absolute atomic E-state index is 0.148. The summed E-state index contributed by atoms with van der Waals surface area (Å²) in [7, 11) is -3.45. The molecule has 1 unspecified atom stereocenters. The van der Waals surface area contributed by atoms with Crippen molar-refractivity contribution in [3.05, 3.63) is 29.8 Å². The molecule has 0 radical (unpaired) electrons. The molecule has 1 aromatic rings. The number of rotatable bonds is 5. The molecule has 0 aromatic heterocycles. The van der Waals surface area contributed by atoms with Gasteiger partial charge in [0, 0.05) is 32.2 Å². The number of aliphatic hydroxyl groups is 1. The highest BCUT2D eigenvalue weighted by molar-refractivity contribution is 7.89. The van der Waals surface area contributed by atoms with Gasteiger partial charge in [-0.3, -0.25) is 4.90 Å². The Morgan fingerprint density at radius 1 is 1.24 bits per heavy atom. The largest absolute Gasteiger partial charge is 0.392 e. The molecule has 0 amide bonds. The third-order valence-electron chi connectivity index (χ3n) is 4.21. The van der Waals surface area contributed by atoms with Gasteiger partial charge >= 0.3 is 0 Å². The number of aliphatic hydroxyl groups excluding tert-OH is 1. The van der Waals surface area contributed by atoms with E-state index in [1.807, 2.05) is 0 Å². The lowest BCUT2D eigenvalue weighted by atomic mass is 10.2. The normalized spacial score (nSPS) is 19.6. The lowest BCUT2D eigenvalue weighted by molar-refractivity contribution is 0.142. The monoisotopic (exact) mass is 312 g/mol. The molecule has 1 atom stereocenters. The van der Waals surface area contributed by atoms with Crippen molar-refractivity contribution in [3.8, 4) is 0 Å². The van der Waals surface area contributed by atoms with Crippen LogP contribution < -0.4 is 0 Å². The topological polar surface area (TPSA) is 60.9 Å². The van der Waals surface area contributed by atoms with Crippen molar-refractivity contribution in [1.82, 2.24) is 9.21 Å². The van der Waals surface area contributed by atoms with Crippen molar-refractivity contribution in [2.45, 2.75) is 37.8 Å². The summed E-state index contributed by atoms with van der Waals surface area (Å²) >= 11 is 0. The van der Waals surface area contributed by atoms with Gasteiger partial charge in [-0.1, -0.05) is 19.1 Å². The summed E-state index contributed by atoms with van der Waals surface area (Å²) in [4.78, 5) is 2.60. The summed E-state index contributed by atoms with van der Waals surface area (Å²) in [5, 5.41) is 9.15. The van der Waals surface area contributed by atoms with Crippen molar-refractivity contribution in [2.75, 3.05) is 26.2 Å². The van der Waals surface area contributed by atoms with Gasteiger partial charge in [-0.15, -0.1) is 0 Å². The molecule has 1 aliphatic heterocycles. The molecule has 5 nitrogen and oxygen atoms in total. The molecule has 118 valence electrons. The van der Waals surface area contributed by atoms with Crippen LogP contribution in [0, 0.1) is 0 Å². The Morgan fingerprint density at radius 2 is 1.90 bits per heavy atom. The fraction of sp³-hybridized carbons (Fsp3) is 0.600. The maximum Gasteiger partial charge on any atom is 0.243 e. The maximum absolute atomic E-state index is 12.6. The molecule has 1 fully saturated rings. The second-order valence-corrected chi connectivity index (χ2v) is 7.44. The summed E-state index contributed by atoms with van der Waals surface area (Å²) in [5.41, 5.74) is 0.620. The Bertz CT molecular complexity index is 566. The van der Waals surface area contributed by atoms with Crippen molar-refractivity contribution in [1.29, 1.82) is 0 Å². The van der Waals surface area contributed by atoms with E-state index in [4.69, 9.17) is 5.11 Å². The van der Waals surface area contributed by atoms with Crippen LogP contribution in [0.25, 0.3) is 0 Å². The van der Waals surface area contributed by atoms with Gasteiger partial charge in [0.05, 0.1) is 11.5 Å². The first-order chi connectivity index (χ1) is 9.98. The zero-order chi connectivity index (χ0) is 15.5. The zero-order valence-electron chi connectivity index (χ0n) is 12.7. The Hall–Kier alpha value is -0.950. The lowest BCUT2D eigenvalue weighted by Crippen LogP contribution is -2.51. The van der Waals surface area contributed by atoms with Crippen LogP contribution in [0.4, 0.5) is 0 Å². The van der Waals surface area contributed by atoms with Crippen molar-refractivity contribution < 1.29 is 13.5 Å². The SMILES string of the molecule is CCC(C)N1CCN(S(=O)(=O)c2cccc(CO)c2)CC1. The number of nitrogens with zero attached hydrogens (tertiary/aromatic N) is 2. The third-order valence-corrected chi connectivity index (χ3v) is 6.10. The summed E-state index contributed by atoms with van der Waals surface area (Å²) in [6.07, 6.45) is 1.07. The molecular weight excluding hydrogens is 288 g/mol. The second kappa shape index (κ2) is 6.87. The van der Waals surface area contributed by atoms with Gasteiger partial charge in [0.15, 0.2) is 0 Å². The van der Waals surface area contributed by atoms with Gasteiger partial charge < -0.3 is 5.11 Å². The van der Waals surface area contributed by atoms with Gasteiger partial charge in [-0.2, -0.15) is 4.31 Å². The van der Waals surface area contributed by atoms with Gasteiger partial charge in [0.1, 0.15) is 0 Å². The quantitative estimate of drug-likeness (QED) is 0.890. The maximum atomic E-state index is 12.6. The van der Waals surface area contributed by atoms with E-state index in [1.165, 1.54) is 0 Å². The van der Waals surface area contributed by atoms with Gasteiger partial charge in [0.25, 0.3) is 0 Å². The molecule has 1 heterocycles. The average Bonchev–Trinajstić information content (AvgIpc) is 2.54. The number of benzene rings is 1. The molecule has 21 heavy (non-hydrogen) atoms. The zero-order valence-corrected chi connectivity index (χ0v) is 13.5. The van der Waals surface area contributed by atoms with Gasteiger partial charge in [-0.05, 0) is 31.0 Å². The molecule has 2 rings (SSSR count). The summed E-state index contributed by atoms with van der Waals surface area (Å²) in [6.45, 7) is 6.77. The van der Waals surface area contributed by atoms with Crippen LogP contribution in [0.15, 0.2) is 29.2 Å². The van der Waals surface area contributed by atoms with Crippen LogP contribution in [-0.2, 0) is 16.6 Å². The van der Waals surface area contributed by atoms with E-state index in [1.54, 1.807) is 28.6 Å². The van der Waals surface area contributed by atoms with E-state index in [2.05, 4.69) is 18.7 Å². The number of piperazine rings is 1. The van der Waals surface area contributed by atoms with Crippen molar-refractivity contribution in [3.63, 3.8) is 0 Å². The minimum atomic E-state index is -3.45. The molecule has 1 saturated heterocycles. The third kappa shape index (κ3) is 3.63. The number of hydrogen-bond acceptors (Lipinski definition) is 4. The minimum Gasteiger partial charge on any atom is -0.392 e. The van der Waals surface area contributed by atoms with Gasteiger partial charge in [0.2, 0.25) is 10.0 Å². The highest BCUT2D eigenvalue weighted by atomic mass is 32.2. The van der Waals surface area contributed by atoms with E-state index >= 15 is 0 Å². The fourth-order valence-corrected chi connectivity index (χ4v) is 4.09. The van der Waals surface area contributed by atoms with E-state index in [-0.39, 0.29) is 11.5 Å². The Morgan fingerprint density at radius 3 is 2.48 bits per heavy atom. The highest BCUT2D eigenvalue weighted by Crippen LogP contribution is 2.20. The average molecular weight is 312 g/mol. The first-order valence-corrected chi connectivity index (χ1v) is 8.87. The van der Waals surface area contributed by atoms with Crippen LogP contribution in [0.5, 0.6) is 0 Å². The van der Waals surface area contributed by atoms with E-state index < -0.39 is 10.0 Å². The predicted molar refractivity (Wildman–Crippen MR) is 82.4 cm³/mol. The second-order valence-electron chi connectivity index (χ2n) is 5.50. The molecule has 6 heteroatoms. The summed E-state index contributed by atoms with van der Waals surface area (Å²) in [5.74, 6) is 0. The van der Waals surface area contributed by atoms with Crippen LogP contribution in [0.3, 0.4) is 0 Å². The van der Waals surface area contributed by atoms with E-state index in [0.717, 1.165) is 19.5 Å². The molecule has 1 N–H and O–H groups in total. The van der Waals surface area contributed by atoms with Crippen LogP contribution >= 0.6 is 0 Å². The lowest BCUT2D eigenvalue weighted by Gasteiger charge is -2.37. The fourth-order valence-electron chi connectivity index (χ4n) is 2.60. The molecular formula is C15H24N2O3S. The molecule has 0 bridgehead atoms. The van der Waals surface area contributed by atoms with Gasteiger partial charge in [-0.25, -0.2) is 8.42 Å². The Labute approximate surface area is 127 Å². The first kappa shape index (κ1) is 16.4. The molecule has 0 aliphatic carbocycles. The van der Waals surface area contributed by atoms with Crippen LogP contribution in [-0.4, -0.2) is 55.0 Å². The van der Waals surface area contributed by atoms with E-state index in [0.29, 0.717) is 24.7 Å². The van der Waals surface area contributed by atoms with E-state index in [9.17, 15) is 8.42 Å². The van der Waals surface area contributed by atoms with Crippen LogP contribution in [0.2, 0.25) is 0 Å². The molecule has 0 saturated carbocycles. The Balaban J connectivity index is 2.11. The standard InChI is InChI=1S/C15H24N2O3S/c1-3-13(2)16-7-9-17(10-8-16)21(19,20)15-6-4-5-14(11-15)12-18/h4-6,11,13,18H,3,7-10,12H2,1-2H3. The molecule has 1 aromatic carbocycles. The summed E-state index contributed by atoms with van der Waals surface area (Å²) in [6, 6.07) is 7.03. The van der Waals surface area contributed by atoms with Crippen molar-refractivity contribution >= 4 is 10.0 Å². The van der Waals surface area contributed by atoms with Crippen LogP contribution in [0.1, 0.15) is 25.8 Å². The number of sulfonamides is 1. The predicted octanol–water partition coefficient (Wildman–Crippen LogP) is 1.28. The smallest absolute Gasteiger partial charge is 0.243 e. The first-order valence-electron chi connectivity index (χ1n) is 7.43. The molecule has 0 spiro atoms. The number of hydrogen-bond donors (Lipinski definition) is 1. The Kier molecular flexibility index (Phi) is 5.37.